The van der Waals surface area contributed by atoms with Crippen molar-refractivity contribution in [3.8, 4) is 5.75 Å². The van der Waals surface area contributed by atoms with Gasteiger partial charge in [0.25, 0.3) is 0 Å². The van der Waals surface area contributed by atoms with Crippen molar-refractivity contribution in [2.75, 3.05) is 32.1 Å². The normalized spacial score (nSPS) is 18.0. The number of amides is 1. The highest BCUT2D eigenvalue weighted by Gasteiger charge is 2.41. The van der Waals surface area contributed by atoms with Gasteiger partial charge in [-0.3, -0.25) is 4.79 Å². The van der Waals surface area contributed by atoms with E-state index in [-0.39, 0.29) is 17.4 Å². The minimum absolute atomic E-state index is 0.00148. The quantitative estimate of drug-likeness (QED) is 0.717. The number of piperidine rings is 1. The van der Waals surface area contributed by atoms with Crippen LogP contribution < -0.4 is 15.4 Å². The van der Waals surface area contributed by atoms with Gasteiger partial charge in [0, 0.05) is 12.8 Å². The van der Waals surface area contributed by atoms with Crippen molar-refractivity contribution < 1.29 is 14.3 Å². The van der Waals surface area contributed by atoms with Crippen LogP contribution in [0.1, 0.15) is 39.5 Å². The van der Waals surface area contributed by atoms with E-state index >= 15 is 0 Å². The summed E-state index contributed by atoms with van der Waals surface area (Å²) >= 11 is 0. The van der Waals surface area contributed by atoms with Crippen LogP contribution in [0.5, 0.6) is 5.75 Å². The molecule has 1 unspecified atom stereocenters. The van der Waals surface area contributed by atoms with Crippen LogP contribution in [-0.2, 0) is 9.53 Å². The van der Waals surface area contributed by atoms with E-state index in [2.05, 4.69) is 17.6 Å². The van der Waals surface area contributed by atoms with Crippen LogP contribution in [0.4, 0.5) is 5.69 Å². The molecule has 1 heterocycles. The fraction of sp³-hybridized carbons (Fsp3) is 0.632. The fourth-order valence-electron chi connectivity index (χ4n) is 3.12. The van der Waals surface area contributed by atoms with Crippen molar-refractivity contribution in [1.29, 1.82) is 0 Å². The summed E-state index contributed by atoms with van der Waals surface area (Å²) in [5.74, 6) is 0.629. The summed E-state index contributed by atoms with van der Waals surface area (Å²) in [4.78, 5) is 12.6. The number of rotatable bonds is 8. The topological polar surface area (TPSA) is 59.6 Å². The molecular formula is C19H30N2O3. The number of methoxy groups -OCH3 is 1. The van der Waals surface area contributed by atoms with Gasteiger partial charge in [0.1, 0.15) is 5.75 Å². The number of carbonyl (C=O) groups excluding carboxylic acids is 1. The number of anilines is 1. The van der Waals surface area contributed by atoms with Crippen LogP contribution >= 0.6 is 0 Å². The van der Waals surface area contributed by atoms with E-state index in [4.69, 9.17) is 9.47 Å². The van der Waals surface area contributed by atoms with Crippen molar-refractivity contribution in [2.24, 2.45) is 5.92 Å². The minimum Gasteiger partial charge on any atom is -0.494 e. The molecule has 1 fully saturated rings. The summed E-state index contributed by atoms with van der Waals surface area (Å²) < 4.78 is 11.4. The molecule has 0 saturated carbocycles. The van der Waals surface area contributed by atoms with E-state index in [0.29, 0.717) is 0 Å². The maximum Gasteiger partial charge on any atom is 0.230 e. The van der Waals surface area contributed by atoms with Crippen LogP contribution in [0, 0.1) is 5.92 Å². The largest absolute Gasteiger partial charge is 0.494 e. The molecular weight excluding hydrogens is 304 g/mol. The van der Waals surface area contributed by atoms with E-state index in [1.807, 2.05) is 31.2 Å². The smallest absolute Gasteiger partial charge is 0.230 e. The molecule has 1 amide bonds. The summed E-state index contributed by atoms with van der Waals surface area (Å²) in [7, 11) is 1.71. The lowest BCUT2D eigenvalue weighted by atomic mass is 9.80. The number of carbonyl (C=O) groups is 1. The van der Waals surface area contributed by atoms with Crippen LogP contribution in [0.2, 0.25) is 0 Å². The molecule has 1 aliphatic rings. The van der Waals surface area contributed by atoms with E-state index < -0.39 is 0 Å². The highest BCUT2D eigenvalue weighted by molar-refractivity contribution is 5.93. The Morgan fingerprint density at radius 1 is 1.29 bits per heavy atom. The third kappa shape index (κ3) is 4.71. The van der Waals surface area contributed by atoms with Crippen molar-refractivity contribution in [1.82, 2.24) is 5.32 Å². The first-order valence-electron chi connectivity index (χ1n) is 8.91. The van der Waals surface area contributed by atoms with Crippen LogP contribution in [0.15, 0.2) is 24.3 Å². The van der Waals surface area contributed by atoms with Gasteiger partial charge in [-0.2, -0.15) is 0 Å². The maximum atomic E-state index is 12.6. The predicted octanol–water partition coefficient (Wildman–Crippen LogP) is 3.21. The zero-order valence-electron chi connectivity index (χ0n) is 15.1. The predicted molar refractivity (Wildman–Crippen MR) is 96.5 cm³/mol. The molecule has 1 aliphatic heterocycles. The van der Waals surface area contributed by atoms with Crippen molar-refractivity contribution >= 4 is 11.6 Å². The third-order valence-corrected chi connectivity index (χ3v) is 4.93. The Bertz CT molecular complexity index is 510. The van der Waals surface area contributed by atoms with Gasteiger partial charge in [0.05, 0.1) is 18.1 Å². The highest BCUT2D eigenvalue weighted by Crippen LogP contribution is 2.32. The second-order valence-corrected chi connectivity index (χ2v) is 6.46. The summed E-state index contributed by atoms with van der Waals surface area (Å²) in [6.45, 7) is 6.58. The first-order chi connectivity index (χ1) is 11.6. The van der Waals surface area contributed by atoms with E-state index in [1.165, 1.54) is 0 Å². The minimum atomic E-state index is -0.376. The molecule has 1 aromatic rings. The van der Waals surface area contributed by atoms with Gasteiger partial charge in [-0.25, -0.2) is 0 Å². The Morgan fingerprint density at radius 2 is 1.96 bits per heavy atom. The monoisotopic (exact) mass is 334 g/mol. The van der Waals surface area contributed by atoms with Gasteiger partial charge < -0.3 is 20.1 Å². The highest BCUT2D eigenvalue weighted by atomic mass is 16.5. The molecule has 0 aliphatic carbocycles. The number of hydrogen-bond donors (Lipinski definition) is 2. The van der Waals surface area contributed by atoms with Crippen molar-refractivity contribution in [3.05, 3.63) is 24.3 Å². The second-order valence-electron chi connectivity index (χ2n) is 6.46. The Balaban J connectivity index is 1.93. The SMILES string of the molecule is CCCCOc1ccc(NC(=O)C(C)C2(OC)CCNCC2)cc1. The van der Waals surface area contributed by atoms with Gasteiger partial charge >= 0.3 is 0 Å². The van der Waals surface area contributed by atoms with Gasteiger partial charge in [0.2, 0.25) is 5.91 Å². The lowest BCUT2D eigenvalue weighted by Gasteiger charge is -2.40. The van der Waals surface area contributed by atoms with Crippen molar-refractivity contribution in [2.45, 2.75) is 45.1 Å². The second kappa shape index (κ2) is 9.04. The molecule has 2 rings (SSSR count). The number of benzene rings is 1. The molecule has 0 bridgehead atoms. The number of hydrogen-bond acceptors (Lipinski definition) is 4. The lowest BCUT2D eigenvalue weighted by molar-refractivity contribution is -0.134. The molecule has 1 saturated heterocycles. The Kier molecular flexibility index (Phi) is 7.06. The summed E-state index contributed by atoms with van der Waals surface area (Å²) in [6.07, 6.45) is 3.86. The van der Waals surface area contributed by atoms with E-state index in [9.17, 15) is 4.79 Å². The van der Waals surface area contributed by atoms with Gasteiger partial charge in [0.15, 0.2) is 0 Å². The van der Waals surface area contributed by atoms with E-state index in [0.717, 1.165) is 56.8 Å². The molecule has 1 aromatic carbocycles. The first-order valence-corrected chi connectivity index (χ1v) is 8.91. The zero-order chi connectivity index (χ0) is 17.4. The average Bonchev–Trinajstić information content (AvgIpc) is 2.63. The standard InChI is InChI=1S/C19H30N2O3/c1-4-5-14-24-17-8-6-16(7-9-17)21-18(22)15(2)19(23-3)10-12-20-13-11-19/h6-9,15,20H,4-5,10-14H2,1-3H3,(H,21,22). The molecule has 134 valence electrons. The molecule has 2 N–H and O–H groups in total. The third-order valence-electron chi connectivity index (χ3n) is 4.93. The number of unbranched alkanes of at least 4 members (excludes halogenated alkanes) is 1. The summed E-state index contributed by atoms with van der Waals surface area (Å²) in [6, 6.07) is 7.56. The molecule has 0 aromatic heterocycles. The summed E-state index contributed by atoms with van der Waals surface area (Å²) in [5.41, 5.74) is 0.410. The molecule has 24 heavy (non-hydrogen) atoms. The van der Waals surface area contributed by atoms with Crippen LogP contribution in [0.3, 0.4) is 0 Å². The average molecular weight is 334 g/mol. The molecule has 0 radical (unpaired) electrons. The number of ether oxygens (including phenoxy) is 2. The van der Waals surface area contributed by atoms with E-state index in [1.54, 1.807) is 7.11 Å². The Morgan fingerprint density at radius 3 is 2.54 bits per heavy atom. The van der Waals surface area contributed by atoms with Gasteiger partial charge in [-0.15, -0.1) is 0 Å². The molecule has 1 atom stereocenters. The molecule has 5 heteroatoms. The van der Waals surface area contributed by atoms with Crippen LogP contribution in [-0.4, -0.2) is 38.3 Å². The first kappa shape index (κ1) is 18.7. The van der Waals surface area contributed by atoms with Gasteiger partial charge in [-0.1, -0.05) is 20.3 Å². The lowest BCUT2D eigenvalue weighted by Crippen LogP contribution is -2.51. The van der Waals surface area contributed by atoms with Crippen molar-refractivity contribution in [3.63, 3.8) is 0 Å². The Labute approximate surface area is 145 Å². The number of nitrogens with one attached hydrogen (secondary N) is 2. The molecule has 0 spiro atoms. The zero-order valence-corrected chi connectivity index (χ0v) is 15.1. The fourth-order valence-corrected chi connectivity index (χ4v) is 3.12. The Hall–Kier alpha value is -1.59. The van der Waals surface area contributed by atoms with Crippen LogP contribution in [0.25, 0.3) is 0 Å². The van der Waals surface area contributed by atoms with Gasteiger partial charge in [-0.05, 0) is 56.6 Å². The molecule has 5 nitrogen and oxygen atoms in total. The maximum absolute atomic E-state index is 12.6. The summed E-state index contributed by atoms with van der Waals surface area (Å²) in [5, 5.41) is 6.32.